The van der Waals surface area contributed by atoms with Crippen LogP contribution < -0.4 is 0 Å². The zero-order chi connectivity index (χ0) is 11.7. The summed E-state index contributed by atoms with van der Waals surface area (Å²) in [5, 5.41) is 1.58. The molecule has 1 heterocycles. The maximum Gasteiger partial charge on any atom is 0.354 e. The first-order valence-corrected chi connectivity index (χ1v) is 5.44. The summed E-state index contributed by atoms with van der Waals surface area (Å²) in [5.74, 6) is -0.322. The summed E-state index contributed by atoms with van der Waals surface area (Å²) >= 11 is 6.08. The molecule has 0 N–H and O–H groups in total. The summed E-state index contributed by atoms with van der Waals surface area (Å²) in [4.78, 5) is 11.7. The average molecular weight is 238 g/mol. The van der Waals surface area contributed by atoms with Crippen LogP contribution in [-0.2, 0) is 11.8 Å². The minimum atomic E-state index is -0.322. The Morgan fingerprint density at radius 3 is 2.88 bits per heavy atom. The first-order chi connectivity index (χ1) is 7.65. The van der Waals surface area contributed by atoms with Crippen molar-refractivity contribution in [3.05, 3.63) is 35.0 Å². The van der Waals surface area contributed by atoms with Gasteiger partial charge in [-0.05, 0) is 19.1 Å². The molecule has 1 aromatic heterocycles. The third kappa shape index (κ3) is 1.67. The number of aryl methyl sites for hydroxylation is 1. The van der Waals surface area contributed by atoms with Gasteiger partial charge in [0.25, 0.3) is 0 Å². The molecule has 0 saturated carbocycles. The van der Waals surface area contributed by atoms with Crippen LogP contribution in [0.5, 0.6) is 0 Å². The highest BCUT2D eigenvalue weighted by Gasteiger charge is 2.15. The number of rotatable bonds is 2. The molecule has 84 valence electrons. The normalized spacial score (nSPS) is 10.7. The van der Waals surface area contributed by atoms with E-state index in [9.17, 15) is 4.79 Å². The van der Waals surface area contributed by atoms with E-state index in [-0.39, 0.29) is 5.97 Å². The Morgan fingerprint density at radius 2 is 2.25 bits per heavy atom. The van der Waals surface area contributed by atoms with Crippen molar-refractivity contribution in [3.63, 3.8) is 0 Å². The summed E-state index contributed by atoms with van der Waals surface area (Å²) in [5.41, 5.74) is 1.37. The van der Waals surface area contributed by atoms with Gasteiger partial charge in [-0.25, -0.2) is 4.79 Å². The molecule has 0 fully saturated rings. The van der Waals surface area contributed by atoms with Crippen LogP contribution in [0.4, 0.5) is 0 Å². The average Bonchev–Trinajstić information content (AvgIpc) is 2.58. The summed E-state index contributed by atoms with van der Waals surface area (Å²) in [6, 6.07) is 7.38. The lowest BCUT2D eigenvalue weighted by molar-refractivity contribution is 0.0516. The van der Waals surface area contributed by atoms with Gasteiger partial charge >= 0.3 is 5.97 Å². The molecule has 2 rings (SSSR count). The van der Waals surface area contributed by atoms with Crippen LogP contribution in [0.3, 0.4) is 0 Å². The molecular formula is C12H12ClNO2. The zero-order valence-corrected chi connectivity index (χ0v) is 9.91. The van der Waals surface area contributed by atoms with Gasteiger partial charge in [-0.15, -0.1) is 0 Å². The van der Waals surface area contributed by atoms with E-state index in [1.807, 2.05) is 12.1 Å². The van der Waals surface area contributed by atoms with Crippen LogP contribution in [0, 0.1) is 0 Å². The van der Waals surface area contributed by atoms with E-state index < -0.39 is 0 Å². The van der Waals surface area contributed by atoms with E-state index in [1.165, 1.54) is 0 Å². The van der Waals surface area contributed by atoms with Crippen molar-refractivity contribution < 1.29 is 9.53 Å². The van der Waals surface area contributed by atoms with Gasteiger partial charge in [0.1, 0.15) is 5.69 Å². The molecule has 0 saturated heterocycles. The minimum Gasteiger partial charge on any atom is -0.461 e. The van der Waals surface area contributed by atoms with Gasteiger partial charge in [-0.2, -0.15) is 0 Å². The van der Waals surface area contributed by atoms with Gasteiger partial charge in [0.2, 0.25) is 0 Å². The van der Waals surface area contributed by atoms with Gasteiger partial charge in [-0.3, -0.25) is 0 Å². The number of esters is 1. The van der Waals surface area contributed by atoms with Gasteiger partial charge < -0.3 is 9.30 Å². The summed E-state index contributed by atoms with van der Waals surface area (Å²) in [6.07, 6.45) is 0. The van der Waals surface area contributed by atoms with Crippen molar-refractivity contribution >= 4 is 28.5 Å². The third-order valence-electron chi connectivity index (χ3n) is 2.49. The fourth-order valence-electron chi connectivity index (χ4n) is 1.77. The molecule has 0 aliphatic heterocycles. The van der Waals surface area contributed by atoms with Crippen molar-refractivity contribution in [3.8, 4) is 0 Å². The Balaban J connectivity index is 2.61. The number of nitrogens with zero attached hydrogens (tertiary/aromatic N) is 1. The largest absolute Gasteiger partial charge is 0.461 e. The van der Waals surface area contributed by atoms with Gasteiger partial charge in [0, 0.05) is 12.4 Å². The standard InChI is InChI=1S/C12H12ClNO2/c1-3-16-12(15)10-7-8-5-4-6-9(13)11(8)14(10)2/h4-7H,3H2,1-2H3. The summed E-state index contributed by atoms with van der Waals surface area (Å²) < 4.78 is 6.73. The highest BCUT2D eigenvalue weighted by Crippen LogP contribution is 2.26. The predicted octanol–water partition coefficient (Wildman–Crippen LogP) is 3.01. The molecule has 0 aliphatic carbocycles. The first-order valence-electron chi connectivity index (χ1n) is 5.06. The van der Waals surface area contributed by atoms with E-state index in [0.717, 1.165) is 10.9 Å². The smallest absolute Gasteiger partial charge is 0.354 e. The second-order valence-electron chi connectivity index (χ2n) is 3.49. The minimum absolute atomic E-state index is 0.322. The maximum atomic E-state index is 11.7. The molecule has 2 aromatic rings. The number of ether oxygens (including phenoxy) is 1. The number of carbonyl (C=O) groups is 1. The molecule has 0 atom stereocenters. The lowest BCUT2D eigenvalue weighted by Crippen LogP contribution is -2.09. The fraction of sp³-hybridized carbons (Fsp3) is 0.250. The lowest BCUT2D eigenvalue weighted by Gasteiger charge is -2.04. The van der Waals surface area contributed by atoms with Crippen molar-refractivity contribution in [2.75, 3.05) is 6.61 Å². The number of hydrogen-bond donors (Lipinski definition) is 0. The van der Waals surface area contributed by atoms with Crippen LogP contribution >= 0.6 is 11.6 Å². The number of aromatic nitrogens is 1. The first kappa shape index (κ1) is 11.0. The summed E-state index contributed by atoms with van der Waals surface area (Å²) in [7, 11) is 1.81. The topological polar surface area (TPSA) is 31.2 Å². The highest BCUT2D eigenvalue weighted by molar-refractivity contribution is 6.35. The number of benzene rings is 1. The molecule has 0 amide bonds. The van der Waals surface area contributed by atoms with Crippen LogP contribution in [0.25, 0.3) is 10.9 Å². The fourth-order valence-corrected chi connectivity index (χ4v) is 2.08. The molecule has 1 aromatic carbocycles. The molecule has 0 radical (unpaired) electrons. The van der Waals surface area contributed by atoms with Crippen LogP contribution in [0.1, 0.15) is 17.4 Å². The van der Waals surface area contributed by atoms with Crippen LogP contribution in [-0.4, -0.2) is 17.1 Å². The second kappa shape index (κ2) is 4.18. The molecule has 0 unspecified atom stereocenters. The monoisotopic (exact) mass is 237 g/mol. The van der Waals surface area contributed by atoms with E-state index in [1.54, 1.807) is 30.7 Å². The van der Waals surface area contributed by atoms with Gasteiger partial charge in [0.05, 0.1) is 17.1 Å². The Hall–Kier alpha value is -1.48. The molecule has 3 nitrogen and oxygen atoms in total. The number of hydrogen-bond acceptors (Lipinski definition) is 2. The van der Waals surface area contributed by atoms with Crippen LogP contribution in [0.15, 0.2) is 24.3 Å². The Bertz CT molecular complexity index is 545. The number of carbonyl (C=O) groups excluding carboxylic acids is 1. The Kier molecular flexibility index (Phi) is 2.88. The SMILES string of the molecule is CCOC(=O)c1cc2cccc(Cl)c2n1C. The second-order valence-corrected chi connectivity index (χ2v) is 3.89. The predicted molar refractivity (Wildman–Crippen MR) is 63.9 cm³/mol. The van der Waals surface area contributed by atoms with Crippen molar-refractivity contribution in [2.24, 2.45) is 7.05 Å². The molecule has 16 heavy (non-hydrogen) atoms. The van der Waals surface area contributed by atoms with Crippen molar-refractivity contribution in [1.29, 1.82) is 0 Å². The Morgan fingerprint density at radius 1 is 1.50 bits per heavy atom. The van der Waals surface area contributed by atoms with E-state index >= 15 is 0 Å². The van der Waals surface area contributed by atoms with Crippen molar-refractivity contribution in [2.45, 2.75) is 6.92 Å². The molecule has 0 spiro atoms. The van der Waals surface area contributed by atoms with Crippen molar-refractivity contribution in [1.82, 2.24) is 4.57 Å². The third-order valence-corrected chi connectivity index (χ3v) is 2.80. The number of para-hydroxylation sites is 1. The van der Waals surface area contributed by atoms with E-state index in [4.69, 9.17) is 16.3 Å². The van der Waals surface area contributed by atoms with E-state index in [2.05, 4.69) is 0 Å². The molecule has 0 bridgehead atoms. The van der Waals surface area contributed by atoms with Crippen LogP contribution in [0.2, 0.25) is 5.02 Å². The highest BCUT2D eigenvalue weighted by atomic mass is 35.5. The number of halogens is 1. The lowest BCUT2D eigenvalue weighted by atomic mass is 10.2. The number of fused-ring (bicyclic) bond motifs is 1. The molecule has 4 heteroatoms. The maximum absolute atomic E-state index is 11.7. The van der Waals surface area contributed by atoms with E-state index in [0.29, 0.717) is 17.3 Å². The van der Waals surface area contributed by atoms with Gasteiger partial charge in [-0.1, -0.05) is 23.7 Å². The zero-order valence-electron chi connectivity index (χ0n) is 9.16. The molecule has 0 aliphatic rings. The quantitative estimate of drug-likeness (QED) is 0.752. The summed E-state index contributed by atoms with van der Waals surface area (Å²) in [6.45, 7) is 2.15. The van der Waals surface area contributed by atoms with Gasteiger partial charge in [0.15, 0.2) is 0 Å². The Labute approximate surface area is 98.6 Å². The molecular weight excluding hydrogens is 226 g/mol.